The second-order valence-electron chi connectivity index (χ2n) is 5.80. The molecular weight excluding hydrogens is 396 g/mol. The molecule has 0 amide bonds. The highest BCUT2D eigenvalue weighted by atomic mass is 79.9. The quantitative estimate of drug-likeness (QED) is 0.698. The molecule has 1 aliphatic rings. The van der Waals surface area contributed by atoms with E-state index in [9.17, 15) is 0 Å². The van der Waals surface area contributed by atoms with Crippen LogP contribution in [0.2, 0.25) is 0 Å². The topological polar surface area (TPSA) is 61.2 Å². The van der Waals surface area contributed by atoms with E-state index in [0.29, 0.717) is 17.4 Å². The fraction of sp³-hybridized carbons (Fsp3) is 0.158. The molecule has 0 radical (unpaired) electrons. The Kier molecular flexibility index (Phi) is 4.38. The van der Waals surface area contributed by atoms with Gasteiger partial charge in [-0.1, -0.05) is 28.1 Å². The van der Waals surface area contributed by atoms with Crippen molar-refractivity contribution in [2.45, 2.75) is 6.04 Å². The summed E-state index contributed by atoms with van der Waals surface area (Å²) in [5.74, 6) is 2.07. The highest BCUT2D eigenvalue weighted by Gasteiger charge is 2.24. The van der Waals surface area contributed by atoms with Gasteiger partial charge in [0.2, 0.25) is 5.95 Å². The fourth-order valence-corrected chi connectivity index (χ4v) is 3.45. The molecule has 0 fully saturated rings. The van der Waals surface area contributed by atoms with Gasteiger partial charge in [0.05, 0.1) is 14.2 Å². The summed E-state index contributed by atoms with van der Waals surface area (Å²) in [5, 5.41) is 7.71. The second kappa shape index (κ2) is 6.84. The van der Waals surface area contributed by atoms with Crippen LogP contribution in [0.3, 0.4) is 0 Å². The third-order valence-electron chi connectivity index (χ3n) is 4.29. The van der Waals surface area contributed by atoms with E-state index in [4.69, 9.17) is 9.47 Å². The van der Waals surface area contributed by atoms with E-state index >= 15 is 0 Å². The first kappa shape index (κ1) is 16.7. The highest BCUT2D eigenvalue weighted by Crippen LogP contribution is 2.35. The summed E-state index contributed by atoms with van der Waals surface area (Å²) in [5.41, 5.74) is 3.04. The lowest BCUT2D eigenvalue weighted by atomic mass is 10.0. The third-order valence-corrected chi connectivity index (χ3v) is 4.79. The molecule has 4 rings (SSSR count). The Morgan fingerprint density at radius 3 is 2.69 bits per heavy atom. The number of anilines is 1. The van der Waals surface area contributed by atoms with E-state index in [1.165, 1.54) is 0 Å². The minimum absolute atomic E-state index is 0.0608. The molecule has 7 heteroatoms. The first-order chi connectivity index (χ1) is 12.7. The zero-order chi connectivity index (χ0) is 18.1. The van der Waals surface area contributed by atoms with E-state index in [2.05, 4.69) is 49.5 Å². The van der Waals surface area contributed by atoms with E-state index in [1.807, 2.05) is 35.0 Å². The molecule has 1 atom stereocenters. The molecule has 1 N–H and O–H groups in total. The van der Waals surface area contributed by atoms with Gasteiger partial charge in [-0.15, -0.1) is 0 Å². The number of benzene rings is 2. The lowest BCUT2D eigenvalue weighted by molar-refractivity contribution is 0.355. The summed E-state index contributed by atoms with van der Waals surface area (Å²) in [7, 11) is 3.26. The third kappa shape index (κ3) is 2.94. The Labute approximate surface area is 159 Å². The molecule has 0 spiro atoms. The van der Waals surface area contributed by atoms with Crippen LogP contribution in [0.15, 0.2) is 59.3 Å². The van der Waals surface area contributed by atoms with Crippen molar-refractivity contribution in [2.75, 3.05) is 19.5 Å². The molecule has 132 valence electrons. The highest BCUT2D eigenvalue weighted by molar-refractivity contribution is 9.10. The molecule has 0 saturated carbocycles. The van der Waals surface area contributed by atoms with Gasteiger partial charge in [0.25, 0.3) is 0 Å². The van der Waals surface area contributed by atoms with Crippen molar-refractivity contribution < 1.29 is 9.47 Å². The number of nitrogens with one attached hydrogen (secondary N) is 1. The van der Waals surface area contributed by atoms with Gasteiger partial charge in [-0.25, -0.2) is 4.68 Å². The van der Waals surface area contributed by atoms with Gasteiger partial charge in [-0.2, -0.15) is 10.1 Å². The second-order valence-corrected chi connectivity index (χ2v) is 6.72. The van der Waals surface area contributed by atoms with Crippen molar-refractivity contribution in [2.24, 2.45) is 0 Å². The minimum atomic E-state index is -0.0608. The van der Waals surface area contributed by atoms with Gasteiger partial charge in [0.1, 0.15) is 12.4 Å². The molecule has 6 nitrogen and oxygen atoms in total. The number of hydrogen-bond donors (Lipinski definition) is 1. The van der Waals surface area contributed by atoms with Crippen molar-refractivity contribution in [3.05, 3.63) is 70.5 Å². The molecule has 26 heavy (non-hydrogen) atoms. The van der Waals surface area contributed by atoms with Crippen LogP contribution in [0.4, 0.5) is 5.95 Å². The normalized spacial score (nSPS) is 15.7. The van der Waals surface area contributed by atoms with Crippen LogP contribution < -0.4 is 14.8 Å². The van der Waals surface area contributed by atoms with E-state index in [1.54, 1.807) is 20.5 Å². The van der Waals surface area contributed by atoms with E-state index in [-0.39, 0.29) is 6.04 Å². The van der Waals surface area contributed by atoms with Crippen molar-refractivity contribution in [1.29, 1.82) is 0 Å². The number of rotatable bonds is 4. The molecule has 2 aromatic carbocycles. The summed E-state index contributed by atoms with van der Waals surface area (Å²) in [6.07, 6.45) is 3.68. The van der Waals surface area contributed by atoms with E-state index < -0.39 is 0 Å². The monoisotopic (exact) mass is 412 g/mol. The van der Waals surface area contributed by atoms with Crippen molar-refractivity contribution in [1.82, 2.24) is 14.8 Å². The van der Waals surface area contributed by atoms with Gasteiger partial charge in [0, 0.05) is 15.7 Å². The zero-order valence-electron chi connectivity index (χ0n) is 14.3. The zero-order valence-corrected chi connectivity index (χ0v) is 15.9. The molecule has 0 bridgehead atoms. The number of hydrogen-bond acceptors (Lipinski definition) is 5. The maximum atomic E-state index is 5.43. The van der Waals surface area contributed by atoms with Crippen LogP contribution in [-0.4, -0.2) is 29.0 Å². The van der Waals surface area contributed by atoms with Crippen LogP contribution in [0, 0.1) is 0 Å². The van der Waals surface area contributed by atoms with Crippen molar-refractivity contribution in [3.63, 3.8) is 0 Å². The predicted molar refractivity (Wildman–Crippen MR) is 103 cm³/mol. The van der Waals surface area contributed by atoms with Crippen LogP contribution in [0.1, 0.15) is 17.2 Å². The van der Waals surface area contributed by atoms with Gasteiger partial charge < -0.3 is 14.8 Å². The molecule has 1 aliphatic heterocycles. The fourth-order valence-electron chi connectivity index (χ4n) is 3.03. The van der Waals surface area contributed by atoms with Crippen molar-refractivity contribution >= 4 is 27.6 Å². The number of halogens is 1. The Hall–Kier alpha value is -2.80. The smallest absolute Gasteiger partial charge is 0.226 e. The summed E-state index contributed by atoms with van der Waals surface area (Å²) in [4.78, 5) is 4.34. The van der Waals surface area contributed by atoms with Crippen LogP contribution >= 0.6 is 15.9 Å². The van der Waals surface area contributed by atoms with E-state index in [0.717, 1.165) is 21.3 Å². The minimum Gasteiger partial charge on any atom is -0.493 e. The van der Waals surface area contributed by atoms with Gasteiger partial charge in [-0.05, 0) is 42.0 Å². The number of nitrogens with zero attached hydrogens (tertiary/aromatic N) is 3. The molecule has 2 heterocycles. The number of ether oxygens (including phenoxy) is 2. The summed E-state index contributed by atoms with van der Waals surface area (Å²) in [6, 6.07) is 14.0. The van der Waals surface area contributed by atoms with Crippen molar-refractivity contribution in [3.8, 4) is 11.5 Å². The molecule has 0 saturated heterocycles. The summed E-state index contributed by atoms with van der Waals surface area (Å²) in [6.45, 7) is 0. The van der Waals surface area contributed by atoms with Crippen LogP contribution in [0.25, 0.3) is 5.70 Å². The lowest BCUT2D eigenvalue weighted by Gasteiger charge is -2.25. The molecule has 1 unspecified atom stereocenters. The van der Waals surface area contributed by atoms with Crippen LogP contribution in [-0.2, 0) is 0 Å². The van der Waals surface area contributed by atoms with Gasteiger partial charge in [-0.3, -0.25) is 0 Å². The maximum Gasteiger partial charge on any atom is 0.226 e. The number of fused-ring (bicyclic) bond motifs is 1. The first-order valence-corrected chi connectivity index (χ1v) is 8.85. The Balaban J connectivity index is 1.80. The Morgan fingerprint density at radius 2 is 1.92 bits per heavy atom. The number of aromatic nitrogens is 3. The average molecular weight is 413 g/mol. The average Bonchev–Trinajstić information content (AvgIpc) is 3.15. The number of allylic oxidation sites excluding steroid dienone is 1. The maximum absolute atomic E-state index is 5.43. The number of methoxy groups -OCH3 is 2. The standard InChI is InChI=1S/C19H17BrN4O2/c1-25-17-7-6-12(9-18(17)26-2)15-10-16(13-4-3-5-14(20)8-13)24-19(23-15)21-11-22-24/h3-11,16H,1-2H3,(H,21,22,23). The van der Waals surface area contributed by atoms with Gasteiger partial charge in [0.15, 0.2) is 11.5 Å². The molecule has 0 aliphatic carbocycles. The SMILES string of the molecule is COc1ccc(C2=CC(c3cccc(Br)c3)n3ncnc3N2)cc1OC. The Bertz CT molecular complexity index is 983. The van der Waals surface area contributed by atoms with Crippen LogP contribution in [0.5, 0.6) is 11.5 Å². The molecule has 3 aromatic rings. The molecular formula is C19H17BrN4O2. The van der Waals surface area contributed by atoms with Gasteiger partial charge >= 0.3 is 0 Å². The lowest BCUT2D eigenvalue weighted by Crippen LogP contribution is -2.20. The molecule has 1 aromatic heterocycles. The summed E-state index contributed by atoms with van der Waals surface area (Å²) < 4.78 is 13.7. The largest absolute Gasteiger partial charge is 0.493 e. The Morgan fingerprint density at radius 1 is 1.08 bits per heavy atom. The predicted octanol–water partition coefficient (Wildman–Crippen LogP) is 4.11. The first-order valence-electron chi connectivity index (χ1n) is 8.06. The summed E-state index contributed by atoms with van der Waals surface area (Å²) >= 11 is 3.54.